The molecule has 140 valence electrons. The first-order valence-corrected chi connectivity index (χ1v) is 9.47. The molecule has 0 fully saturated rings. The molecule has 0 aromatic heterocycles. The maximum atomic E-state index is 12.8. The van der Waals surface area contributed by atoms with Crippen LogP contribution in [0.1, 0.15) is 60.5 Å². The Morgan fingerprint density at radius 3 is 2.31 bits per heavy atom. The van der Waals surface area contributed by atoms with Crippen molar-refractivity contribution in [1.29, 1.82) is 0 Å². The molecule has 0 saturated carbocycles. The van der Waals surface area contributed by atoms with E-state index in [-0.39, 0.29) is 11.9 Å². The summed E-state index contributed by atoms with van der Waals surface area (Å²) in [4.78, 5) is 12.8. The third kappa shape index (κ3) is 4.66. The number of rotatable bonds is 7. The van der Waals surface area contributed by atoms with Gasteiger partial charge in [0.05, 0.1) is 6.04 Å². The van der Waals surface area contributed by atoms with Crippen LogP contribution in [0.2, 0.25) is 0 Å². The molecule has 2 rings (SSSR count). The Hall–Kier alpha value is -2.29. The van der Waals surface area contributed by atoms with Gasteiger partial charge in [-0.3, -0.25) is 4.79 Å². The van der Waals surface area contributed by atoms with Crippen LogP contribution in [0.15, 0.2) is 36.4 Å². The fourth-order valence-electron chi connectivity index (χ4n) is 2.99. The van der Waals surface area contributed by atoms with Crippen molar-refractivity contribution in [2.75, 3.05) is 0 Å². The van der Waals surface area contributed by atoms with E-state index in [9.17, 15) is 4.79 Å². The van der Waals surface area contributed by atoms with Crippen molar-refractivity contribution in [3.05, 3.63) is 64.2 Å². The Labute approximate surface area is 157 Å². The molecule has 2 atom stereocenters. The summed E-state index contributed by atoms with van der Waals surface area (Å²) >= 11 is 0. The van der Waals surface area contributed by atoms with Gasteiger partial charge in [0.2, 0.25) is 0 Å². The lowest BCUT2D eigenvalue weighted by atomic mass is 9.99. The highest BCUT2D eigenvalue weighted by atomic mass is 16.5. The van der Waals surface area contributed by atoms with E-state index < -0.39 is 6.10 Å². The summed E-state index contributed by atoms with van der Waals surface area (Å²) in [6, 6.07) is 12.3. The third-order valence-corrected chi connectivity index (χ3v) is 5.15. The molecule has 3 nitrogen and oxygen atoms in total. The van der Waals surface area contributed by atoms with Crippen LogP contribution in [0.25, 0.3) is 0 Å². The maximum Gasteiger partial charge on any atom is 0.261 e. The summed E-state index contributed by atoms with van der Waals surface area (Å²) in [7, 11) is 0. The van der Waals surface area contributed by atoms with E-state index in [1.807, 2.05) is 26.0 Å². The Bertz CT molecular complexity index is 767. The van der Waals surface area contributed by atoms with Crippen LogP contribution < -0.4 is 10.1 Å². The SMILES string of the molecule is CC[C@H](NC(=O)[C@@H](CC)Oc1cccc(C)c1C)c1ccc(C)c(C)c1. The lowest BCUT2D eigenvalue weighted by Gasteiger charge is -2.23. The van der Waals surface area contributed by atoms with Crippen molar-refractivity contribution in [2.24, 2.45) is 0 Å². The molecule has 2 aromatic rings. The molecule has 26 heavy (non-hydrogen) atoms. The number of nitrogens with one attached hydrogen (secondary N) is 1. The predicted molar refractivity (Wildman–Crippen MR) is 108 cm³/mol. The molecule has 0 saturated heterocycles. The summed E-state index contributed by atoms with van der Waals surface area (Å²) < 4.78 is 6.05. The Morgan fingerprint density at radius 2 is 1.69 bits per heavy atom. The number of amides is 1. The van der Waals surface area contributed by atoms with Crippen molar-refractivity contribution >= 4 is 5.91 Å². The fraction of sp³-hybridized carbons (Fsp3) is 0.435. The minimum absolute atomic E-state index is 0.00180. The van der Waals surface area contributed by atoms with E-state index in [0.29, 0.717) is 6.42 Å². The largest absolute Gasteiger partial charge is 0.480 e. The lowest BCUT2D eigenvalue weighted by molar-refractivity contribution is -0.129. The van der Waals surface area contributed by atoms with Crippen molar-refractivity contribution in [3.8, 4) is 5.75 Å². The summed E-state index contributed by atoms with van der Waals surface area (Å²) in [5, 5.41) is 3.17. The molecular weight excluding hydrogens is 322 g/mol. The minimum Gasteiger partial charge on any atom is -0.480 e. The molecule has 3 heteroatoms. The van der Waals surface area contributed by atoms with Gasteiger partial charge in [0.15, 0.2) is 6.10 Å². The Morgan fingerprint density at radius 1 is 0.962 bits per heavy atom. The van der Waals surface area contributed by atoms with E-state index in [1.165, 1.54) is 16.7 Å². The maximum absolute atomic E-state index is 12.8. The quantitative estimate of drug-likeness (QED) is 0.729. The minimum atomic E-state index is -0.490. The number of hydrogen-bond acceptors (Lipinski definition) is 2. The number of benzene rings is 2. The van der Waals surface area contributed by atoms with Gasteiger partial charge in [0, 0.05) is 0 Å². The first kappa shape index (κ1) is 20.0. The van der Waals surface area contributed by atoms with Gasteiger partial charge in [-0.05, 0) is 74.4 Å². The van der Waals surface area contributed by atoms with E-state index in [2.05, 4.69) is 57.3 Å². The molecule has 0 spiro atoms. The molecular formula is C23H31NO2. The third-order valence-electron chi connectivity index (χ3n) is 5.15. The number of carbonyl (C=O) groups is 1. The van der Waals surface area contributed by atoms with Gasteiger partial charge in [-0.15, -0.1) is 0 Å². The first-order valence-electron chi connectivity index (χ1n) is 9.47. The Kier molecular flexibility index (Phi) is 6.84. The number of carbonyl (C=O) groups excluding carboxylic acids is 1. The van der Waals surface area contributed by atoms with Gasteiger partial charge >= 0.3 is 0 Å². The first-order chi connectivity index (χ1) is 12.4. The molecule has 0 heterocycles. The summed E-state index contributed by atoms with van der Waals surface area (Å²) in [5.74, 6) is 0.727. The van der Waals surface area contributed by atoms with Gasteiger partial charge in [-0.25, -0.2) is 0 Å². The second-order valence-corrected chi connectivity index (χ2v) is 7.03. The number of ether oxygens (including phenoxy) is 1. The zero-order valence-corrected chi connectivity index (χ0v) is 16.8. The predicted octanol–water partition coefficient (Wildman–Crippen LogP) is 5.35. The molecule has 1 N–H and O–H groups in total. The van der Waals surface area contributed by atoms with Crippen molar-refractivity contribution < 1.29 is 9.53 Å². The molecule has 1 amide bonds. The standard InChI is InChI=1S/C23H31NO2/c1-7-20(19-13-12-15(3)17(5)14-19)24-23(25)21(8-2)26-22-11-9-10-16(4)18(22)6/h9-14,20-21H,7-8H2,1-6H3,(H,24,25)/t20-,21+/m0/s1. The van der Waals surface area contributed by atoms with Crippen molar-refractivity contribution in [3.63, 3.8) is 0 Å². The van der Waals surface area contributed by atoms with Gasteiger partial charge in [0.25, 0.3) is 5.91 Å². The van der Waals surface area contributed by atoms with E-state index in [4.69, 9.17) is 4.74 Å². The normalized spacial score (nSPS) is 13.2. The number of aryl methyl sites for hydroxylation is 3. The van der Waals surface area contributed by atoms with Crippen LogP contribution in [0.3, 0.4) is 0 Å². The molecule has 0 aliphatic carbocycles. The monoisotopic (exact) mass is 353 g/mol. The van der Waals surface area contributed by atoms with E-state index >= 15 is 0 Å². The van der Waals surface area contributed by atoms with E-state index in [0.717, 1.165) is 23.3 Å². The highest BCUT2D eigenvalue weighted by molar-refractivity contribution is 5.81. The zero-order chi connectivity index (χ0) is 19.3. The molecule has 0 unspecified atom stereocenters. The fourth-order valence-corrected chi connectivity index (χ4v) is 2.99. The number of hydrogen-bond donors (Lipinski definition) is 1. The average molecular weight is 354 g/mol. The van der Waals surface area contributed by atoms with Crippen LogP contribution in [0, 0.1) is 27.7 Å². The molecule has 0 bridgehead atoms. The summed E-state index contributed by atoms with van der Waals surface area (Å²) in [5.41, 5.74) is 5.90. The van der Waals surface area contributed by atoms with Gasteiger partial charge in [-0.1, -0.05) is 44.2 Å². The molecule has 0 radical (unpaired) electrons. The molecule has 0 aliphatic rings. The van der Waals surface area contributed by atoms with E-state index in [1.54, 1.807) is 0 Å². The van der Waals surface area contributed by atoms with Gasteiger partial charge in [0.1, 0.15) is 5.75 Å². The second-order valence-electron chi connectivity index (χ2n) is 7.03. The highest BCUT2D eigenvalue weighted by Gasteiger charge is 2.22. The van der Waals surface area contributed by atoms with Crippen LogP contribution in [-0.2, 0) is 4.79 Å². The van der Waals surface area contributed by atoms with Gasteiger partial charge < -0.3 is 10.1 Å². The van der Waals surface area contributed by atoms with Crippen molar-refractivity contribution in [1.82, 2.24) is 5.32 Å². The van der Waals surface area contributed by atoms with Crippen LogP contribution in [0.5, 0.6) is 5.75 Å². The molecule has 0 aliphatic heterocycles. The van der Waals surface area contributed by atoms with Crippen molar-refractivity contribution in [2.45, 2.75) is 66.5 Å². The average Bonchev–Trinajstić information content (AvgIpc) is 2.63. The van der Waals surface area contributed by atoms with Crippen LogP contribution >= 0.6 is 0 Å². The van der Waals surface area contributed by atoms with Crippen LogP contribution in [0.4, 0.5) is 0 Å². The summed E-state index contributed by atoms with van der Waals surface area (Å²) in [6.07, 6.45) is 0.979. The molecule has 2 aromatic carbocycles. The Balaban J connectivity index is 2.13. The van der Waals surface area contributed by atoms with Crippen LogP contribution in [-0.4, -0.2) is 12.0 Å². The zero-order valence-electron chi connectivity index (χ0n) is 16.8. The lowest BCUT2D eigenvalue weighted by Crippen LogP contribution is -2.40. The topological polar surface area (TPSA) is 38.3 Å². The smallest absolute Gasteiger partial charge is 0.261 e. The highest BCUT2D eigenvalue weighted by Crippen LogP contribution is 2.24. The second kappa shape index (κ2) is 8.88. The van der Waals surface area contributed by atoms with Gasteiger partial charge in [-0.2, -0.15) is 0 Å². The summed E-state index contributed by atoms with van der Waals surface area (Å²) in [6.45, 7) is 12.4.